The first-order valence-electron chi connectivity index (χ1n) is 6.23. The summed E-state index contributed by atoms with van der Waals surface area (Å²) < 4.78 is 0. The van der Waals surface area contributed by atoms with Crippen LogP contribution in [0.2, 0.25) is 0 Å². The van der Waals surface area contributed by atoms with E-state index in [2.05, 4.69) is 5.32 Å². The minimum Gasteiger partial charge on any atom is -0.349 e. The van der Waals surface area contributed by atoms with E-state index in [1.807, 2.05) is 50.2 Å². The Morgan fingerprint density at radius 2 is 2.00 bits per heavy atom. The van der Waals surface area contributed by atoms with Gasteiger partial charge in [-0.2, -0.15) is 0 Å². The van der Waals surface area contributed by atoms with Gasteiger partial charge in [0, 0.05) is 17.5 Å². The molecule has 0 saturated heterocycles. The van der Waals surface area contributed by atoms with Crippen molar-refractivity contribution in [1.82, 2.24) is 5.32 Å². The van der Waals surface area contributed by atoms with Crippen LogP contribution in [-0.2, 0) is 0 Å². The van der Waals surface area contributed by atoms with Gasteiger partial charge in [0.15, 0.2) is 0 Å². The molecule has 4 heteroatoms. The number of nitrogens with one attached hydrogen (secondary N) is 1. The predicted octanol–water partition coefficient (Wildman–Crippen LogP) is 2.79. The minimum absolute atomic E-state index is 0.0485. The largest absolute Gasteiger partial charge is 0.349 e. The smallest absolute Gasteiger partial charge is 0.261 e. The molecule has 0 aliphatic heterocycles. The number of hydrogen-bond donors (Lipinski definition) is 2. The SMILES string of the molecule is Cc1cc(C(=O)NCC(N)c2ccccc2)sc1C. The standard InChI is InChI=1S/C15H18N2OS/c1-10-8-14(19-11(10)2)15(18)17-9-13(16)12-6-4-3-5-7-12/h3-8,13H,9,16H2,1-2H3,(H,17,18). The molecule has 1 heterocycles. The van der Waals surface area contributed by atoms with Crippen molar-refractivity contribution in [2.45, 2.75) is 19.9 Å². The van der Waals surface area contributed by atoms with E-state index in [0.717, 1.165) is 16.0 Å². The summed E-state index contributed by atoms with van der Waals surface area (Å²) in [7, 11) is 0. The number of aryl methyl sites for hydroxylation is 2. The number of nitrogens with two attached hydrogens (primary N) is 1. The molecule has 1 atom stereocenters. The average molecular weight is 274 g/mol. The van der Waals surface area contributed by atoms with Crippen LogP contribution in [0, 0.1) is 13.8 Å². The summed E-state index contributed by atoms with van der Waals surface area (Å²) in [6.07, 6.45) is 0. The van der Waals surface area contributed by atoms with Crippen molar-refractivity contribution < 1.29 is 4.79 Å². The normalized spacial score (nSPS) is 12.2. The number of rotatable bonds is 4. The number of hydrogen-bond acceptors (Lipinski definition) is 3. The van der Waals surface area contributed by atoms with Gasteiger partial charge in [-0.1, -0.05) is 30.3 Å². The quantitative estimate of drug-likeness (QED) is 0.900. The van der Waals surface area contributed by atoms with Gasteiger partial charge in [0.2, 0.25) is 0 Å². The zero-order valence-corrected chi connectivity index (χ0v) is 12.0. The first-order valence-corrected chi connectivity index (χ1v) is 7.05. The molecule has 1 aromatic heterocycles. The van der Waals surface area contributed by atoms with E-state index >= 15 is 0 Å². The Labute approximate surface area is 117 Å². The van der Waals surface area contributed by atoms with E-state index in [4.69, 9.17) is 5.73 Å². The van der Waals surface area contributed by atoms with E-state index in [0.29, 0.717) is 6.54 Å². The number of thiophene rings is 1. The van der Waals surface area contributed by atoms with E-state index in [1.54, 1.807) is 0 Å². The van der Waals surface area contributed by atoms with Crippen LogP contribution in [0.4, 0.5) is 0 Å². The van der Waals surface area contributed by atoms with Crippen LogP contribution in [0.25, 0.3) is 0 Å². The molecule has 3 nitrogen and oxygen atoms in total. The molecule has 1 amide bonds. The average Bonchev–Trinajstić information content (AvgIpc) is 2.77. The van der Waals surface area contributed by atoms with Crippen LogP contribution in [0.3, 0.4) is 0 Å². The molecule has 0 saturated carbocycles. The maximum absolute atomic E-state index is 12.0. The maximum Gasteiger partial charge on any atom is 0.261 e. The second-order valence-corrected chi connectivity index (χ2v) is 5.83. The third-order valence-corrected chi connectivity index (χ3v) is 4.25. The van der Waals surface area contributed by atoms with E-state index in [1.165, 1.54) is 16.2 Å². The zero-order valence-electron chi connectivity index (χ0n) is 11.1. The molecule has 0 radical (unpaired) electrons. The molecule has 3 N–H and O–H groups in total. The molecule has 0 spiro atoms. The first kappa shape index (κ1) is 13.8. The Morgan fingerprint density at radius 3 is 2.58 bits per heavy atom. The lowest BCUT2D eigenvalue weighted by atomic mass is 10.1. The summed E-state index contributed by atoms with van der Waals surface area (Å²) in [5.74, 6) is -0.0485. The Balaban J connectivity index is 1.94. The first-order chi connectivity index (χ1) is 9.08. The fourth-order valence-corrected chi connectivity index (χ4v) is 2.74. The molecule has 19 heavy (non-hydrogen) atoms. The van der Waals surface area contributed by atoms with Crippen molar-refractivity contribution in [3.8, 4) is 0 Å². The highest BCUT2D eigenvalue weighted by Gasteiger charge is 2.12. The zero-order chi connectivity index (χ0) is 13.8. The van der Waals surface area contributed by atoms with Crippen molar-refractivity contribution in [3.05, 3.63) is 57.3 Å². The molecule has 0 bridgehead atoms. The molecule has 2 aromatic rings. The van der Waals surface area contributed by atoms with Crippen molar-refractivity contribution >= 4 is 17.2 Å². The molecule has 1 aromatic carbocycles. The van der Waals surface area contributed by atoms with Crippen molar-refractivity contribution in [1.29, 1.82) is 0 Å². The van der Waals surface area contributed by atoms with Crippen LogP contribution in [0.15, 0.2) is 36.4 Å². The number of carbonyl (C=O) groups is 1. The summed E-state index contributed by atoms with van der Waals surface area (Å²) in [6.45, 7) is 4.48. The van der Waals surface area contributed by atoms with Crippen LogP contribution < -0.4 is 11.1 Å². The topological polar surface area (TPSA) is 55.1 Å². The summed E-state index contributed by atoms with van der Waals surface area (Å²) in [6, 6.07) is 11.5. The third kappa shape index (κ3) is 3.43. The second kappa shape index (κ2) is 5.99. The van der Waals surface area contributed by atoms with E-state index in [9.17, 15) is 4.79 Å². The van der Waals surface area contributed by atoms with Crippen molar-refractivity contribution in [3.63, 3.8) is 0 Å². The van der Waals surface area contributed by atoms with E-state index < -0.39 is 0 Å². The van der Waals surface area contributed by atoms with Crippen molar-refractivity contribution in [2.24, 2.45) is 5.73 Å². The number of carbonyl (C=O) groups excluding carboxylic acids is 1. The minimum atomic E-state index is -0.174. The van der Waals surface area contributed by atoms with Gasteiger partial charge in [-0.15, -0.1) is 11.3 Å². The van der Waals surface area contributed by atoms with Gasteiger partial charge in [0.05, 0.1) is 4.88 Å². The van der Waals surface area contributed by atoms with Crippen molar-refractivity contribution in [2.75, 3.05) is 6.54 Å². The van der Waals surface area contributed by atoms with Gasteiger partial charge in [0.25, 0.3) is 5.91 Å². The molecule has 0 aliphatic carbocycles. The highest BCUT2D eigenvalue weighted by Crippen LogP contribution is 2.20. The van der Waals surface area contributed by atoms with Gasteiger partial charge in [0.1, 0.15) is 0 Å². The molecular weight excluding hydrogens is 256 g/mol. The fourth-order valence-electron chi connectivity index (χ4n) is 1.79. The fraction of sp³-hybridized carbons (Fsp3) is 0.267. The Kier molecular flexibility index (Phi) is 4.35. The van der Waals surface area contributed by atoms with E-state index in [-0.39, 0.29) is 11.9 Å². The lowest BCUT2D eigenvalue weighted by Gasteiger charge is -2.12. The predicted molar refractivity (Wildman–Crippen MR) is 79.5 cm³/mol. The lowest BCUT2D eigenvalue weighted by molar-refractivity contribution is 0.0955. The summed E-state index contributed by atoms with van der Waals surface area (Å²) in [5.41, 5.74) is 8.23. The van der Waals surface area contributed by atoms with Crippen LogP contribution in [-0.4, -0.2) is 12.5 Å². The van der Waals surface area contributed by atoms with Gasteiger partial charge >= 0.3 is 0 Å². The highest BCUT2D eigenvalue weighted by atomic mass is 32.1. The lowest BCUT2D eigenvalue weighted by Crippen LogP contribution is -2.31. The highest BCUT2D eigenvalue weighted by molar-refractivity contribution is 7.14. The van der Waals surface area contributed by atoms with Crippen LogP contribution in [0.5, 0.6) is 0 Å². The Hall–Kier alpha value is -1.65. The molecule has 1 unspecified atom stereocenters. The van der Waals surface area contributed by atoms with Crippen LogP contribution >= 0.6 is 11.3 Å². The second-order valence-electron chi connectivity index (χ2n) is 4.58. The molecule has 0 fully saturated rings. The molecule has 100 valence electrons. The summed E-state index contributed by atoms with van der Waals surface area (Å²) in [4.78, 5) is 13.9. The maximum atomic E-state index is 12.0. The number of benzene rings is 1. The van der Waals surface area contributed by atoms with Gasteiger partial charge in [-0.05, 0) is 31.0 Å². The Bertz CT molecular complexity index is 543. The molecule has 2 rings (SSSR count). The number of amides is 1. The monoisotopic (exact) mass is 274 g/mol. The van der Waals surface area contributed by atoms with Crippen LogP contribution in [0.1, 0.15) is 31.7 Å². The Morgan fingerprint density at radius 1 is 1.32 bits per heavy atom. The van der Waals surface area contributed by atoms with Gasteiger partial charge in [-0.25, -0.2) is 0 Å². The molecule has 0 aliphatic rings. The summed E-state index contributed by atoms with van der Waals surface area (Å²) >= 11 is 1.52. The molecular formula is C15H18N2OS. The summed E-state index contributed by atoms with van der Waals surface area (Å²) in [5, 5.41) is 2.88. The van der Waals surface area contributed by atoms with Gasteiger partial charge < -0.3 is 11.1 Å². The third-order valence-electron chi connectivity index (χ3n) is 3.10. The van der Waals surface area contributed by atoms with Gasteiger partial charge in [-0.3, -0.25) is 4.79 Å².